The van der Waals surface area contributed by atoms with Crippen LogP contribution < -0.4 is 10.5 Å². The van der Waals surface area contributed by atoms with Crippen molar-refractivity contribution in [2.45, 2.75) is 26.9 Å². The Bertz CT molecular complexity index is 1030. The van der Waals surface area contributed by atoms with Crippen LogP contribution in [0.4, 0.5) is 5.13 Å². The van der Waals surface area contributed by atoms with Crippen molar-refractivity contribution >= 4 is 16.7 Å². The normalized spacial score (nSPS) is 15.0. The minimum atomic E-state index is -0.0828. The van der Waals surface area contributed by atoms with Gasteiger partial charge in [-0.25, -0.2) is 14.3 Å². The van der Waals surface area contributed by atoms with Gasteiger partial charge < -0.3 is 4.90 Å². The van der Waals surface area contributed by atoms with Crippen LogP contribution >= 0.6 is 11.5 Å². The zero-order valence-corrected chi connectivity index (χ0v) is 17.3. The topological polar surface area (TPSA) is 85.0 Å². The molecule has 1 saturated heterocycles. The molecule has 4 rings (SSSR count). The largest absolute Gasteiger partial charge is 0.353 e. The number of hydrogen-bond donors (Lipinski definition) is 0. The summed E-state index contributed by atoms with van der Waals surface area (Å²) in [5.41, 5.74) is 1.85. The number of nitrogens with zero attached hydrogens (tertiary/aromatic N) is 8. The molecule has 4 heterocycles. The van der Waals surface area contributed by atoms with E-state index in [2.05, 4.69) is 24.5 Å². The van der Waals surface area contributed by atoms with Crippen LogP contribution in [0.3, 0.4) is 0 Å². The fraction of sp³-hybridized carbons (Fsp3) is 0.500. The summed E-state index contributed by atoms with van der Waals surface area (Å²) in [5.74, 6) is 1.92. The molecule has 9 nitrogen and oxygen atoms in total. The van der Waals surface area contributed by atoms with Gasteiger partial charge in [-0.3, -0.25) is 9.69 Å². The van der Waals surface area contributed by atoms with Crippen LogP contribution in [0.1, 0.15) is 17.2 Å². The van der Waals surface area contributed by atoms with Gasteiger partial charge in [0.15, 0.2) is 11.6 Å². The standard InChI is InChI=1S/C18H24N8OS/c1-12-7-13(2)26(20-12)16-5-6-17(27)25(21-16)10-14-8-24(9-14)11-15-19-18(23(3)4)28-22-15/h5-7,14H,8-11H2,1-4H3. The summed E-state index contributed by atoms with van der Waals surface area (Å²) in [6.07, 6.45) is 0. The molecule has 1 aliphatic heterocycles. The fourth-order valence-corrected chi connectivity index (χ4v) is 3.99. The van der Waals surface area contributed by atoms with Gasteiger partial charge in [-0.05, 0) is 26.0 Å². The maximum atomic E-state index is 12.2. The lowest BCUT2D eigenvalue weighted by Crippen LogP contribution is -2.49. The Kier molecular flexibility index (Phi) is 4.98. The molecule has 0 saturated carbocycles. The van der Waals surface area contributed by atoms with E-state index in [0.717, 1.165) is 42.0 Å². The molecule has 0 aromatic carbocycles. The number of anilines is 1. The van der Waals surface area contributed by atoms with Gasteiger partial charge in [-0.15, -0.1) is 5.10 Å². The second-order valence-electron chi connectivity index (χ2n) is 7.50. The summed E-state index contributed by atoms with van der Waals surface area (Å²) in [7, 11) is 3.93. The molecule has 1 fully saturated rings. The molecule has 148 valence electrons. The summed E-state index contributed by atoms with van der Waals surface area (Å²) in [4.78, 5) is 21.0. The molecular formula is C18H24N8OS. The molecule has 0 amide bonds. The van der Waals surface area contributed by atoms with Gasteiger partial charge in [0.05, 0.1) is 18.8 Å². The summed E-state index contributed by atoms with van der Waals surface area (Å²) in [5, 5.41) is 9.90. The molecule has 3 aromatic heterocycles. The molecule has 0 aliphatic carbocycles. The first-order valence-corrected chi connectivity index (χ1v) is 10.0. The third-order valence-electron chi connectivity index (χ3n) is 4.75. The van der Waals surface area contributed by atoms with Crippen LogP contribution in [-0.2, 0) is 13.1 Å². The van der Waals surface area contributed by atoms with Gasteiger partial charge in [0.1, 0.15) is 0 Å². The van der Waals surface area contributed by atoms with Crippen molar-refractivity contribution in [1.82, 2.24) is 33.8 Å². The monoisotopic (exact) mass is 400 g/mol. The van der Waals surface area contributed by atoms with Crippen LogP contribution in [0.15, 0.2) is 23.0 Å². The third-order valence-corrected chi connectivity index (χ3v) is 5.67. The number of hydrogen-bond acceptors (Lipinski definition) is 8. The highest BCUT2D eigenvalue weighted by Crippen LogP contribution is 2.21. The maximum absolute atomic E-state index is 12.2. The van der Waals surface area contributed by atoms with E-state index in [4.69, 9.17) is 0 Å². The SMILES string of the molecule is Cc1cc(C)n(-c2ccc(=O)n(CC3CN(Cc4nsc(N(C)C)n4)C3)n2)n1. The summed E-state index contributed by atoms with van der Waals surface area (Å²) >= 11 is 1.42. The Balaban J connectivity index is 1.38. The highest BCUT2D eigenvalue weighted by molar-refractivity contribution is 7.09. The molecule has 28 heavy (non-hydrogen) atoms. The van der Waals surface area contributed by atoms with Gasteiger partial charge in [0, 0.05) is 56.4 Å². The smallest absolute Gasteiger partial charge is 0.266 e. The predicted octanol–water partition coefficient (Wildman–Crippen LogP) is 1.10. The lowest BCUT2D eigenvalue weighted by Gasteiger charge is -2.38. The van der Waals surface area contributed by atoms with Gasteiger partial charge in [-0.1, -0.05) is 0 Å². The van der Waals surface area contributed by atoms with Gasteiger partial charge >= 0.3 is 0 Å². The molecule has 0 bridgehead atoms. The molecule has 0 radical (unpaired) electrons. The summed E-state index contributed by atoms with van der Waals surface area (Å²) in [6, 6.07) is 5.29. The molecule has 0 atom stereocenters. The van der Waals surface area contributed by atoms with Gasteiger partial charge in [0.2, 0.25) is 5.13 Å². The van der Waals surface area contributed by atoms with E-state index in [-0.39, 0.29) is 5.56 Å². The molecular weight excluding hydrogens is 376 g/mol. The number of aromatic nitrogens is 6. The highest BCUT2D eigenvalue weighted by atomic mass is 32.1. The molecule has 0 N–H and O–H groups in total. The van der Waals surface area contributed by atoms with Crippen molar-refractivity contribution in [3.63, 3.8) is 0 Å². The second kappa shape index (κ2) is 7.44. The van der Waals surface area contributed by atoms with E-state index in [1.54, 1.807) is 21.5 Å². The van der Waals surface area contributed by atoms with E-state index in [1.165, 1.54) is 11.5 Å². The summed E-state index contributed by atoms with van der Waals surface area (Å²) in [6.45, 7) is 7.10. The third kappa shape index (κ3) is 3.83. The van der Waals surface area contributed by atoms with Gasteiger partial charge in [-0.2, -0.15) is 9.47 Å². The first-order valence-electron chi connectivity index (χ1n) is 9.23. The van der Waals surface area contributed by atoms with E-state index in [0.29, 0.717) is 18.3 Å². The Morgan fingerprint density at radius 2 is 2.00 bits per heavy atom. The second-order valence-corrected chi connectivity index (χ2v) is 8.23. The first-order chi connectivity index (χ1) is 13.4. The van der Waals surface area contributed by atoms with Crippen molar-refractivity contribution in [2.75, 3.05) is 32.1 Å². The average Bonchev–Trinajstić information content (AvgIpc) is 3.21. The number of aryl methyl sites for hydroxylation is 2. The Morgan fingerprint density at radius 1 is 1.21 bits per heavy atom. The highest BCUT2D eigenvalue weighted by Gasteiger charge is 2.28. The van der Waals surface area contributed by atoms with Crippen LogP contribution in [0.2, 0.25) is 0 Å². The summed E-state index contributed by atoms with van der Waals surface area (Å²) < 4.78 is 7.73. The van der Waals surface area contributed by atoms with E-state index in [9.17, 15) is 4.79 Å². The average molecular weight is 401 g/mol. The molecule has 3 aromatic rings. The van der Waals surface area contributed by atoms with E-state index >= 15 is 0 Å². The van der Waals surface area contributed by atoms with E-state index < -0.39 is 0 Å². The van der Waals surface area contributed by atoms with Crippen LogP contribution in [0.5, 0.6) is 0 Å². The van der Waals surface area contributed by atoms with Crippen molar-refractivity contribution < 1.29 is 0 Å². The molecule has 0 unspecified atom stereocenters. The quantitative estimate of drug-likeness (QED) is 0.612. The minimum absolute atomic E-state index is 0.0828. The molecule has 0 spiro atoms. The maximum Gasteiger partial charge on any atom is 0.266 e. The van der Waals surface area contributed by atoms with Crippen molar-refractivity contribution in [3.05, 3.63) is 45.8 Å². The predicted molar refractivity (Wildman–Crippen MR) is 108 cm³/mol. The number of likely N-dealkylation sites (tertiary alicyclic amines) is 1. The first kappa shape index (κ1) is 18.8. The van der Waals surface area contributed by atoms with Crippen molar-refractivity contribution in [1.29, 1.82) is 0 Å². The zero-order chi connectivity index (χ0) is 19.8. The van der Waals surface area contributed by atoms with Crippen molar-refractivity contribution in [2.24, 2.45) is 5.92 Å². The van der Waals surface area contributed by atoms with Crippen LogP contribution in [0.25, 0.3) is 5.82 Å². The fourth-order valence-electron chi connectivity index (χ4n) is 3.40. The Labute approximate surface area is 167 Å². The van der Waals surface area contributed by atoms with Crippen molar-refractivity contribution in [3.8, 4) is 5.82 Å². The Morgan fingerprint density at radius 3 is 2.64 bits per heavy atom. The molecule has 1 aliphatic rings. The number of rotatable bonds is 6. The zero-order valence-electron chi connectivity index (χ0n) is 16.5. The minimum Gasteiger partial charge on any atom is -0.353 e. The molecule has 10 heteroatoms. The van der Waals surface area contributed by atoms with Gasteiger partial charge in [0.25, 0.3) is 5.56 Å². The lowest BCUT2D eigenvalue weighted by atomic mass is 10.0. The Hall–Kier alpha value is -2.59. The van der Waals surface area contributed by atoms with Crippen LogP contribution in [-0.4, -0.2) is 61.0 Å². The van der Waals surface area contributed by atoms with E-state index in [1.807, 2.05) is 38.9 Å². The van der Waals surface area contributed by atoms with Crippen LogP contribution in [0, 0.1) is 19.8 Å². The lowest BCUT2D eigenvalue weighted by molar-refractivity contribution is 0.0744.